The molecular formula is C20H20N4O2. The maximum Gasteiger partial charge on any atom is 0.356 e. The highest BCUT2D eigenvalue weighted by Gasteiger charge is 2.21. The summed E-state index contributed by atoms with van der Waals surface area (Å²) in [5.41, 5.74) is 2.17. The van der Waals surface area contributed by atoms with Crippen molar-refractivity contribution in [1.29, 1.82) is 0 Å². The predicted octanol–water partition coefficient (Wildman–Crippen LogP) is 2.74. The minimum absolute atomic E-state index is 0.341. The Bertz CT molecular complexity index is 922. The maximum atomic E-state index is 12.0. The van der Waals surface area contributed by atoms with Crippen molar-refractivity contribution in [2.45, 2.75) is 0 Å². The Hall–Kier alpha value is -3.15. The van der Waals surface area contributed by atoms with E-state index in [9.17, 15) is 4.79 Å². The Morgan fingerprint density at radius 1 is 1.00 bits per heavy atom. The number of carbonyl (C=O) groups excluding carboxylic acids is 1. The predicted molar refractivity (Wildman–Crippen MR) is 102 cm³/mol. The number of nitrogens with zero attached hydrogens (tertiary/aromatic N) is 4. The molecule has 1 saturated heterocycles. The van der Waals surface area contributed by atoms with E-state index in [-0.39, 0.29) is 0 Å². The summed E-state index contributed by atoms with van der Waals surface area (Å²) in [7, 11) is 1.38. The lowest BCUT2D eigenvalue weighted by Crippen LogP contribution is -2.47. The Kier molecular flexibility index (Phi) is 4.39. The van der Waals surface area contributed by atoms with Crippen LogP contribution in [-0.4, -0.2) is 49.2 Å². The molecule has 2 aromatic heterocycles. The molecule has 0 saturated carbocycles. The molecule has 1 aliphatic heterocycles. The van der Waals surface area contributed by atoms with E-state index < -0.39 is 5.97 Å². The van der Waals surface area contributed by atoms with Crippen molar-refractivity contribution in [2.75, 3.05) is 43.1 Å². The van der Waals surface area contributed by atoms with Crippen molar-refractivity contribution in [2.24, 2.45) is 0 Å². The fourth-order valence-electron chi connectivity index (χ4n) is 3.35. The molecule has 3 heterocycles. The number of methoxy groups -OCH3 is 1. The van der Waals surface area contributed by atoms with Gasteiger partial charge in [-0.25, -0.2) is 14.8 Å². The molecule has 0 amide bonds. The number of ether oxygens (including phenoxy) is 1. The number of piperazine rings is 1. The van der Waals surface area contributed by atoms with Gasteiger partial charge < -0.3 is 14.5 Å². The second-order valence-electron chi connectivity index (χ2n) is 6.20. The number of aromatic nitrogens is 2. The third-order valence-corrected chi connectivity index (χ3v) is 4.68. The summed E-state index contributed by atoms with van der Waals surface area (Å²) in [6, 6.07) is 15.7. The van der Waals surface area contributed by atoms with Gasteiger partial charge in [0, 0.05) is 43.4 Å². The molecule has 6 nitrogen and oxygen atoms in total. The molecule has 6 heteroatoms. The lowest BCUT2D eigenvalue weighted by Gasteiger charge is -2.37. The monoisotopic (exact) mass is 348 g/mol. The Morgan fingerprint density at radius 2 is 1.73 bits per heavy atom. The van der Waals surface area contributed by atoms with Crippen LogP contribution in [0.15, 0.2) is 54.7 Å². The fraction of sp³-hybridized carbons (Fsp3) is 0.250. The largest absolute Gasteiger partial charge is 0.464 e. The molecule has 26 heavy (non-hydrogen) atoms. The van der Waals surface area contributed by atoms with E-state index in [1.807, 2.05) is 54.7 Å². The van der Waals surface area contributed by atoms with E-state index in [4.69, 9.17) is 4.74 Å². The van der Waals surface area contributed by atoms with E-state index in [2.05, 4.69) is 19.8 Å². The quantitative estimate of drug-likeness (QED) is 0.679. The van der Waals surface area contributed by atoms with Crippen LogP contribution in [0, 0.1) is 0 Å². The smallest absolute Gasteiger partial charge is 0.356 e. The van der Waals surface area contributed by atoms with Crippen molar-refractivity contribution in [3.8, 4) is 0 Å². The molecule has 0 N–H and O–H groups in total. The van der Waals surface area contributed by atoms with Crippen molar-refractivity contribution < 1.29 is 9.53 Å². The summed E-state index contributed by atoms with van der Waals surface area (Å²) in [4.78, 5) is 25.5. The molecule has 1 aromatic carbocycles. The SMILES string of the molecule is COC(=O)c1cc(N2CCN(c3ccccn3)CC2)c2ccccc2n1. The summed E-state index contributed by atoms with van der Waals surface area (Å²) in [6.07, 6.45) is 1.82. The number of rotatable bonds is 3. The van der Waals surface area contributed by atoms with Crippen molar-refractivity contribution in [3.63, 3.8) is 0 Å². The third kappa shape index (κ3) is 3.06. The number of para-hydroxylation sites is 1. The Morgan fingerprint density at radius 3 is 2.46 bits per heavy atom. The average molecular weight is 348 g/mol. The van der Waals surface area contributed by atoms with E-state index >= 15 is 0 Å². The van der Waals surface area contributed by atoms with Gasteiger partial charge in [-0.2, -0.15) is 0 Å². The standard InChI is InChI=1S/C20H20N4O2/c1-26-20(25)17-14-18(15-6-2-3-7-16(15)22-17)23-10-12-24(13-11-23)19-8-4-5-9-21-19/h2-9,14H,10-13H2,1H3. The molecule has 0 unspecified atom stereocenters. The minimum atomic E-state index is -0.413. The molecule has 4 rings (SSSR count). The number of anilines is 2. The first-order valence-electron chi connectivity index (χ1n) is 8.65. The van der Waals surface area contributed by atoms with Gasteiger partial charge in [-0.3, -0.25) is 0 Å². The van der Waals surface area contributed by atoms with Crippen LogP contribution in [0.1, 0.15) is 10.5 Å². The third-order valence-electron chi connectivity index (χ3n) is 4.68. The van der Waals surface area contributed by atoms with Crippen LogP contribution in [0.5, 0.6) is 0 Å². The van der Waals surface area contributed by atoms with Gasteiger partial charge in [-0.1, -0.05) is 24.3 Å². The highest BCUT2D eigenvalue weighted by atomic mass is 16.5. The van der Waals surface area contributed by atoms with Crippen LogP contribution in [0.4, 0.5) is 11.5 Å². The van der Waals surface area contributed by atoms with Crippen LogP contribution < -0.4 is 9.80 Å². The second-order valence-corrected chi connectivity index (χ2v) is 6.20. The molecular weight excluding hydrogens is 328 g/mol. The number of benzene rings is 1. The molecule has 132 valence electrons. The van der Waals surface area contributed by atoms with Crippen LogP contribution in [0.25, 0.3) is 10.9 Å². The van der Waals surface area contributed by atoms with Gasteiger partial charge in [0.1, 0.15) is 5.82 Å². The lowest BCUT2D eigenvalue weighted by atomic mass is 10.1. The number of fused-ring (bicyclic) bond motifs is 1. The van der Waals surface area contributed by atoms with Gasteiger partial charge in [0.05, 0.1) is 12.6 Å². The molecule has 1 aliphatic rings. The zero-order valence-corrected chi connectivity index (χ0v) is 14.6. The number of carbonyl (C=O) groups is 1. The molecule has 1 fully saturated rings. The lowest BCUT2D eigenvalue weighted by molar-refractivity contribution is 0.0594. The molecule has 0 radical (unpaired) electrons. The molecule has 0 atom stereocenters. The second kappa shape index (κ2) is 7.00. The molecule has 0 spiro atoms. The number of hydrogen-bond acceptors (Lipinski definition) is 6. The number of esters is 1. The topological polar surface area (TPSA) is 58.6 Å². The summed E-state index contributed by atoms with van der Waals surface area (Å²) in [5, 5.41) is 1.05. The van der Waals surface area contributed by atoms with E-state index in [0.29, 0.717) is 5.69 Å². The summed E-state index contributed by atoms with van der Waals surface area (Å²) in [5.74, 6) is 0.589. The van der Waals surface area contributed by atoms with Gasteiger partial charge in [0.25, 0.3) is 0 Å². The van der Waals surface area contributed by atoms with E-state index in [1.165, 1.54) is 7.11 Å². The van der Waals surface area contributed by atoms with Gasteiger partial charge >= 0.3 is 5.97 Å². The normalized spacial score (nSPS) is 14.5. The minimum Gasteiger partial charge on any atom is -0.464 e. The van der Waals surface area contributed by atoms with Gasteiger partial charge in [0.2, 0.25) is 0 Å². The zero-order chi connectivity index (χ0) is 17.9. The van der Waals surface area contributed by atoms with Crippen molar-refractivity contribution in [3.05, 3.63) is 60.4 Å². The van der Waals surface area contributed by atoms with Crippen molar-refractivity contribution >= 4 is 28.4 Å². The first kappa shape index (κ1) is 16.3. The van der Waals surface area contributed by atoms with Crippen LogP contribution in [0.2, 0.25) is 0 Å². The summed E-state index contributed by atoms with van der Waals surface area (Å²) < 4.78 is 4.87. The van der Waals surface area contributed by atoms with Gasteiger partial charge in [0.15, 0.2) is 5.69 Å². The summed E-state index contributed by atoms with van der Waals surface area (Å²) >= 11 is 0. The van der Waals surface area contributed by atoms with Gasteiger partial charge in [-0.05, 0) is 24.3 Å². The Labute approximate surface area is 152 Å². The van der Waals surface area contributed by atoms with E-state index in [0.717, 1.165) is 48.6 Å². The Balaban J connectivity index is 1.63. The zero-order valence-electron chi connectivity index (χ0n) is 14.6. The van der Waals surface area contributed by atoms with Crippen LogP contribution in [0.3, 0.4) is 0 Å². The highest BCUT2D eigenvalue weighted by Crippen LogP contribution is 2.28. The average Bonchev–Trinajstić information content (AvgIpc) is 2.73. The van der Waals surface area contributed by atoms with Gasteiger partial charge in [-0.15, -0.1) is 0 Å². The molecule has 0 bridgehead atoms. The van der Waals surface area contributed by atoms with Crippen LogP contribution in [-0.2, 0) is 4.74 Å². The first-order chi connectivity index (χ1) is 12.8. The first-order valence-corrected chi connectivity index (χ1v) is 8.65. The van der Waals surface area contributed by atoms with Crippen LogP contribution >= 0.6 is 0 Å². The number of hydrogen-bond donors (Lipinski definition) is 0. The highest BCUT2D eigenvalue weighted by molar-refractivity contribution is 5.98. The maximum absolute atomic E-state index is 12.0. The fourth-order valence-corrected chi connectivity index (χ4v) is 3.35. The summed E-state index contributed by atoms with van der Waals surface area (Å²) in [6.45, 7) is 3.46. The number of pyridine rings is 2. The van der Waals surface area contributed by atoms with Crippen molar-refractivity contribution in [1.82, 2.24) is 9.97 Å². The molecule has 3 aromatic rings. The molecule has 0 aliphatic carbocycles. The van der Waals surface area contributed by atoms with E-state index in [1.54, 1.807) is 0 Å².